The van der Waals surface area contributed by atoms with Gasteiger partial charge in [0.05, 0.1) is 11.8 Å². The molecule has 0 spiro atoms. The zero-order chi connectivity index (χ0) is 20.6. The van der Waals surface area contributed by atoms with Crippen molar-refractivity contribution in [2.75, 3.05) is 7.05 Å². The SMILES string of the molecule is CNC(=O)c1c(C)cc(-c2cnn3cc(C(C)(C)C)cnc23)cc1OC(F)F. The van der Waals surface area contributed by atoms with Crippen molar-refractivity contribution in [2.45, 2.75) is 39.7 Å². The van der Waals surface area contributed by atoms with Gasteiger partial charge < -0.3 is 10.1 Å². The molecular weight excluding hydrogens is 366 g/mol. The maximum Gasteiger partial charge on any atom is 0.387 e. The molecule has 2 aromatic heterocycles. The summed E-state index contributed by atoms with van der Waals surface area (Å²) in [7, 11) is 1.43. The number of fused-ring (bicyclic) bond motifs is 1. The van der Waals surface area contributed by atoms with E-state index in [1.54, 1.807) is 29.9 Å². The van der Waals surface area contributed by atoms with Crippen molar-refractivity contribution in [1.29, 1.82) is 0 Å². The second-order valence-corrected chi connectivity index (χ2v) is 7.54. The van der Waals surface area contributed by atoms with E-state index in [0.29, 0.717) is 22.3 Å². The third kappa shape index (κ3) is 3.67. The molecule has 148 valence electrons. The number of halogens is 2. The van der Waals surface area contributed by atoms with Crippen LogP contribution in [0.2, 0.25) is 0 Å². The first-order chi connectivity index (χ1) is 13.1. The zero-order valence-electron chi connectivity index (χ0n) is 16.4. The predicted molar refractivity (Wildman–Crippen MR) is 102 cm³/mol. The number of hydrogen-bond donors (Lipinski definition) is 1. The van der Waals surface area contributed by atoms with Crippen LogP contribution in [-0.2, 0) is 5.41 Å². The highest BCUT2D eigenvalue weighted by molar-refractivity contribution is 5.99. The number of aryl methyl sites for hydroxylation is 1. The Morgan fingerprint density at radius 1 is 1.25 bits per heavy atom. The van der Waals surface area contributed by atoms with Crippen molar-refractivity contribution in [1.82, 2.24) is 19.9 Å². The molecule has 0 aliphatic heterocycles. The molecule has 0 saturated heterocycles. The lowest BCUT2D eigenvalue weighted by Gasteiger charge is -2.18. The fourth-order valence-corrected chi connectivity index (χ4v) is 2.98. The fourth-order valence-electron chi connectivity index (χ4n) is 2.98. The van der Waals surface area contributed by atoms with Gasteiger partial charge in [-0.15, -0.1) is 0 Å². The molecule has 0 radical (unpaired) electrons. The van der Waals surface area contributed by atoms with Crippen LogP contribution in [-0.4, -0.2) is 34.2 Å². The van der Waals surface area contributed by atoms with E-state index in [-0.39, 0.29) is 16.7 Å². The maximum atomic E-state index is 12.9. The van der Waals surface area contributed by atoms with Crippen molar-refractivity contribution < 1.29 is 18.3 Å². The Morgan fingerprint density at radius 2 is 1.96 bits per heavy atom. The molecule has 1 amide bonds. The Labute approximate surface area is 161 Å². The first kappa shape index (κ1) is 19.7. The van der Waals surface area contributed by atoms with Crippen LogP contribution in [0.3, 0.4) is 0 Å². The molecule has 0 aliphatic rings. The van der Waals surface area contributed by atoms with Gasteiger partial charge in [-0.1, -0.05) is 26.8 Å². The Hall–Kier alpha value is -3.03. The number of amides is 1. The van der Waals surface area contributed by atoms with Crippen LogP contribution in [0.15, 0.2) is 30.7 Å². The second kappa shape index (κ2) is 7.18. The van der Waals surface area contributed by atoms with E-state index in [1.165, 1.54) is 13.1 Å². The highest BCUT2D eigenvalue weighted by Crippen LogP contribution is 2.33. The smallest absolute Gasteiger partial charge is 0.387 e. The van der Waals surface area contributed by atoms with Gasteiger partial charge in [0.2, 0.25) is 0 Å². The fraction of sp³-hybridized carbons (Fsp3) is 0.350. The van der Waals surface area contributed by atoms with Crippen LogP contribution < -0.4 is 10.1 Å². The van der Waals surface area contributed by atoms with E-state index in [9.17, 15) is 13.6 Å². The quantitative estimate of drug-likeness (QED) is 0.735. The van der Waals surface area contributed by atoms with E-state index in [1.807, 2.05) is 6.20 Å². The molecule has 6 nitrogen and oxygen atoms in total. The molecule has 3 rings (SSSR count). The van der Waals surface area contributed by atoms with Crippen LogP contribution >= 0.6 is 0 Å². The van der Waals surface area contributed by atoms with Gasteiger partial charge in [-0.25, -0.2) is 9.50 Å². The molecule has 8 heteroatoms. The monoisotopic (exact) mass is 388 g/mol. The van der Waals surface area contributed by atoms with Gasteiger partial charge in [-0.3, -0.25) is 4.79 Å². The van der Waals surface area contributed by atoms with E-state index in [4.69, 9.17) is 0 Å². The van der Waals surface area contributed by atoms with Crippen LogP contribution in [0.25, 0.3) is 16.8 Å². The van der Waals surface area contributed by atoms with Crippen molar-refractivity contribution >= 4 is 11.6 Å². The van der Waals surface area contributed by atoms with Crippen molar-refractivity contribution in [3.8, 4) is 16.9 Å². The normalized spacial score (nSPS) is 11.9. The summed E-state index contributed by atoms with van der Waals surface area (Å²) in [5.74, 6) is -0.678. The lowest BCUT2D eigenvalue weighted by Crippen LogP contribution is -2.21. The minimum atomic E-state index is -3.05. The molecule has 0 unspecified atom stereocenters. The van der Waals surface area contributed by atoms with E-state index >= 15 is 0 Å². The van der Waals surface area contributed by atoms with Gasteiger partial charge in [-0.05, 0) is 35.1 Å². The highest BCUT2D eigenvalue weighted by atomic mass is 19.3. The Morgan fingerprint density at radius 3 is 2.57 bits per heavy atom. The number of nitrogens with one attached hydrogen (secondary N) is 1. The molecule has 0 aliphatic carbocycles. The summed E-state index contributed by atoms with van der Waals surface area (Å²) in [6.45, 7) is 4.86. The number of alkyl halides is 2. The third-order valence-electron chi connectivity index (χ3n) is 4.50. The molecular formula is C20H22F2N4O2. The summed E-state index contributed by atoms with van der Waals surface area (Å²) >= 11 is 0. The molecule has 3 aromatic rings. The van der Waals surface area contributed by atoms with Crippen LogP contribution in [0.1, 0.15) is 42.3 Å². The number of ether oxygens (including phenoxy) is 1. The largest absolute Gasteiger partial charge is 0.434 e. The minimum Gasteiger partial charge on any atom is -0.434 e. The average Bonchev–Trinajstić information content (AvgIpc) is 3.02. The first-order valence-electron chi connectivity index (χ1n) is 8.77. The number of carbonyl (C=O) groups excluding carboxylic acids is 1. The first-order valence-corrected chi connectivity index (χ1v) is 8.77. The molecule has 0 saturated carbocycles. The topological polar surface area (TPSA) is 68.5 Å². The van der Waals surface area contributed by atoms with Gasteiger partial charge in [0, 0.05) is 25.0 Å². The maximum absolute atomic E-state index is 12.9. The molecule has 0 bridgehead atoms. The van der Waals surface area contributed by atoms with Gasteiger partial charge in [0.1, 0.15) is 5.75 Å². The second-order valence-electron chi connectivity index (χ2n) is 7.54. The number of rotatable bonds is 4. The molecule has 1 N–H and O–H groups in total. The standard InChI is InChI=1S/C20H22F2N4O2/c1-11-6-12(7-15(28-19(21)22)16(11)18(27)23-5)14-9-25-26-10-13(20(2,3)4)8-24-17(14)26/h6-10,19H,1-5H3,(H,23,27). The summed E-state index contributed by atoms with van der Waals surface area (Å²) < 4.78 is 32.1. The van der Waals surface area contributed by atoms with Crippen LogP contribution in [0.4, 0.5) is 8.78 Å². The number of benzene rings is 1. The minimum absolute atomic E-state index is 0.0750. The summed E-state index contributed by atoms with van der Waals surface area (Å²) in [5.41, 5.74) is 3.35. The van der Waals surface area contributed by atoms with Crippen LogP contribution in [0.5, 0.6) is 5.75 Å². The average molecular weight is 388 g/mol. The number of aromatic nitrogens is 3. The molecule has 28 heavy (non-hydrogen) atoms. The van der Waals surface area contributed by atoms with Crippen molar-refractivity contribution in [2.24, 2.45) is 0 Å². The van der Waals surface area contributed by atoms with Gasteiger partial charge in [-0.2, -0.15) is 13.9 Å². The summed E-state index contributed by atoms with van der Waals surface area (Å²) in [6.07, 6.45) is 5.30. The van der Waals surface area contributed by atoms with Gasteiger partial charge in [0.25, 0.3) is 5.91 Å². The number of nitrogens with zero attached hydrogens (tertiary/aromatic N) is 3. The van der Waals surface area contributed by atoms with Crippen molar-refractivity contribution in [3.63, 3.8) is 0 Å². The van der Waals surface area contributed by atoms with Gasteiger partial charge in [0.15, 0.2) is 5.65 Å². The lowest BCUT2D eigenvalue weighted by molar-refractivity contribution is -0.0501. The highest BCUT2D eigenvalue weighted by Gasteiger charge is 2.21. The van der Waals surface area contributed by atoms with E-state index < -0.39 is 12.5 Å². The summed E-state index contributed by atoms with van der Waals surface area (Å²) in [6, 6.07) is 3.15. The molecule has 2 heterocycles. The Bertz CT molecular complexity index is 1040. The molecule has 0 atom stereocenters. The van der Waals surface area contributed by atoms with Crippen molar-refractivity contribution in [3.05, 3.63) is 47.4 Å². The summed E-state index contributed by atoms with van der Waals surface area (Å²) in [5, 5.41) is 6.80. The van der Waals surface area contributed by atoms with Crippen LogP contribution in [0, 0.1) is 6.92 Å². The molecule has 0 fully saturated rings. The Kier molecular flexibility index (Phi) is 5.06. The van der Waals surface area contributed by atoms with E-state index in [0.717, 1.165) is 5.56 Å². The Balaban J connectivity index is 2.16. The number of hydrogen-bond acceptors (Lipinski definition) is 4. The third-order valence-corrected chi connectivity index (χ3v) is 4.50. The molecule has 1 aromatic carbocycles. The summed E-state index contributed by atoms with van der Waals surface area (Å²) in [4.78, 5) is 16.6. The predicted octanol–water partition coefficient (Wildman–Crippen LogP) is 3.96. The lowest BCUT2D eigenvalue weighted by atomic mass is 9.89. The van der Waals surface area contributed by atoms with E-state index in [2.05, 4.69) is 40.9 Å². The zero-order valence-corrected chi connectivity index (χ0v) is 16.4. The van der Waals surface area contributed by atoms with Gasteiger partial charge >= 0.3 is 6.61 Å². The number of carbonyl (C=O) groups is 1.